The number of aliphatic hydroxyl groups excluding tert-OH is 1. The van der Waals surface area contributed by atoms with Crippen molar-refractivity contribution in [1.82, 2.24) is 0 Å². The largest absolute Gasteiger partial charge is 0.388 e. The van der Waals surface area contributed by atoms with E-state index in [2.05, 4.69) is 0 Å². The first kappa shape index (κ1) is 9.32. The van der Waals surface area contributed by atoms with Crippen molar-refractivity contribution < 1.29 is 18.7 Å². The summed E-state index contributed by atoms with van der Waals surface area (Å²) in [6.45, 7) is 1.52. The summed E-state index contributed by atoms with van der Waals surface area (Å²) in [6, 6.07) is 0. The number of halogens is 2. The monoisotopic (exact) mass is 176 g/mol. The van der Waals surface area contributed by atoms with Gasteiger partial charge in [0.1, 0.15) is 0 Å². The number of carbonyl (C=O) groups is 1. The van der Waals surface area contributed by atoms with Crippen LogP contribution in [0.3, 0.4) is 0 Å². The topological polar surface area (TPSA) is 37.3 Å². The Morgan fingerprint density at radius 3 is 2.58 bits per heavy atom. The fourth-order valence-corrected chi connectivity index (χ4v) is 1.30. The van der Waals surface area contributed by atoms with Crippen LogP contribution in [0.4, 0.5) is 8.78 Å². The average molecular weight is 176 g/mol. The molecule has 1 aliphatic carbocycles. The van der Waals surface area contributed by atoms with Gasteiger partial charge in [0.15, 0.2) is 5.78 Å². The van der Waals surface area contributed by atoms with E-state index in [1.807, 2.05) is 0 Å². The number of hydrogen-bond donors (Lipinski definition) is 1. The summed E-state index contributed by atoms with van der Waals surface area (Å²) in [6.07, 6.45) is -3.91. The maximum absolute atomic E-state index is 11.9. The van der Waals surface area contributed by atoms with Crippen LogP contribution in [0.1, 0.15) is 19.8 Å². The Kier molecular flexibility index (Phi) is 2.57. The third-order valence-corrected chi connectivity index (χ3v) is 2.05. The molecule has 0 aliphatic heterocycles. The number of ketones is 1. The molecule has 1 N–H and O–H groups in total. The van der Waals surface area contributed by atoms with Crippen molar-refractivity contribution in [3.63, 3.8) is 0 Å². The predicted molar refractivity (Wildman–Crippen MR) is 39.0 cm³/mol. The van der Waals surface area contributed by atoms with Gasteiger partial charge >= 0.3 is 0 Å². The highest BCUT2D eigenvalue weighted by Crippen LogP contribution is 2.27. The summed E-state index contributed by atoms with van der Waals surface area (Å²) in [5.41, 5.74) is 0.512. The molecule has 0 amide bonds. The molecule has 4 heteroatoms. The Morgan fingerprint density at radius 1 is 1.67 bits per heavy atom. The van der Waals surface area contributed by atoms with Crippen molar-refractivity contribution in [3.8, 4) is 0 Å². The van der Waals surface area contributed by atoms with Crippen molar-refractivity contribution in [1.29, 1.82) is 0 Å². The fourth-order valence-electron chi connectivity index (χ4n) is 1.30. The van der Waals surface area contributed by atoms with Crippen LogP contribution in [0.15, 0.2) is 11.1 Å². The first-order valence-corrected chi connectivity index (χ1v) is 3.71. The lowest BCUT2D eigenvalue weighted by Crippen LogP contribution is -2.03. The number of hydrogen-bond acceptors (Lipinski definition) is 2. The molecule has 1 rings (SSSR count). The van der Waals surface area contributed by atoms with Crippen LogP contribution in [0, 0.1) is 0 Å². The number of rotatable bonds is 2. The van der Waals surface area contributed by atoms with Gasteiger partial charge in [0, 0.05) is 18.4 Å². The van der Waals surface area contributed by atoms with E-state index < -0.39 is 19.0 Å². The number of carbonyl (C=O) groups excluding carboxylic acids is 1. The molecule has 1 unspecified atom stereocenters. The van der Waals surface area contributed by atoms with Crippen molar-refractivity contribution in [2.45, 2.75) is 32.3 Å². The summed E-state index contributed by atoms with van der Waals surface area (Å²) in [5.74, 6) is -0.347. The van der Waals surface area contributed by atoms with Crippen LogP contribution < -0.4 is 0 Å². The molecule has 2 nitrogen and oxygen atoms in total. The average Bonchev–Trinajstić information content (AvgIpc) is 2.16. The lowest BCUT2D eigenvalue weighted by atomic mass is 10.1. The third kappa shape index (κ3) is 1.69. The third-order valence-electron chi connectivity index (χ3n) is 2.05. The standard InChI is InChI=1S/C8H10F2O2/c1-4-5(2-8(9)10)7(12)3-6(4)11/h6,8,11H,2-3H2,1H3. The molecule has 0 bridgehead atoms. The van der Waals surface area contributed by atoms with Gasteiger partial charge in [0.2, 0.25) is 6.43 Å². The molecule has 0 radical (unpaired) electrons. The van der Waals surface area contributed by atoms with E-state index in [1.54, 1.807) is 0 Å². The van der Waals surface area contributed by atoms with Gasteiger partial charge in [-0.25, -0.2) is 8.78 Å². The van der Waals surface area contributed by atoms with Crippen LogP contribution in [0.2, 0.25) is 0 Å². The van der Waals surface area contributed by atoms with Gasteiger partial charge in [-0.2, -0.15) is 0 Å². The SMILES string of the molecule is CC1=C(CC(F)F)C(=O)CC1O. The Hall–Kier alpha value is -0.770. The number of alkyl halides is 2. The van der Waals surface area contributed by atoms with Crippen molar-refractivity contribution >= 4 is 5.78 Å². The first-order valence-electron chi connectivity index (χ1n) is 3.71. The molecule has 68 valence electrons. The number of Topliss-reactive ketones (excluding diaryl/α,β-unsaturated/α-hetero) is 1. The highest BCUT2D eigenvalue weighted by molar-refractivity contribution is 5.99. The summed E-state index contributed by atoms with van der Waals surface area (Å²) in [5, 5.41) is 9.13. The Labute approximate surface area is 68.9 Å². The number of aliphatic hydroxyl groups is 1. The zero-order valence-corrected chi connectivity index (χ0v) is 6.68. The second-order valence-electron chi connectivity index (χ2n) is 2.90. The Bertz CT molecular complexity index is 233. The van der Waals surface area contributed by atoms with Gasteiger partial charge in [0.05, 0.1) is 6.10 Å². The molecule has 0 heterocycles. The molecule has 0 fully saturated rings. The van der Waals surface area contributed by atoms with Gasteiger partial charge in [-0.15, -0.1) is 0 Å². The van der Waals surface area contributed by atoms with Gasteiger partial charge < -0.3 is 5.11 Å². The van der Waals surface area contributed by atoms with Crippen LogP contribution >= 0.6 is 0 Å². The minimum absolute atomic E-state index is 0.0338. The molecular formula is C8H10F2O2. The lowest BCUT2D eigenvalue weighted by molar-refractivity contribution is -0.116. The van der Waals surface area contributed by atoms with Gasteiger partial charge in [0.25, 0.3) is 0 Å². The summed E-state index contributed by atoms with van der Waals surface area (Å²) in [7, 11) is 0. The first-order chi connectivity index (χ1) is 5.52. The molecule has 0 aromatic heterocycles. The van der Waals surface area contributed by atoms with E-state index in [9.17, 15) is 13.6 Å². The van der Waals surface area contributed by atoms with Crippen molar-refractivity contribution in [2.24, 2.45) is 0 Å². The fraction of sp³-hybridized carbons (Fsp3) is 0.625. The molecule has 12 heavy (non-hydrogen) atoms. The van der Waals surface area contributed by atoms with E-state index >= 15 is 0 Å². The normalized spacial score (nSPS) is 24.4. The molecule has 1 atom stereocenters. The van der Waals surface area contributed by atoms with Crippen LogP contribution in [0.5, 0.6) is 0 Å². The zero-order chi connectivity index (χ0) is 9.30. The smallest absolute Gasteiger partial charge is 0.242 e. The molecule has 0 aromatic carbocycles. The molecule has 0 saturated carbocycles. The molecule has 1 aliphatic rings. The minimum atomic E-state index is -2.51. The van der Waals surface area contributed by atoms with Crippen LogP contribution in [0.25, 0.3) is 0 Å². The van der Waals surface area contributed by atoms with Gasteiger partial charge in [-0.05, 0) is 12.5 Å². The highest BCUT2D eigenvalue weighted by atomic mass is 19.3. The van der Waals surface area contributed by atoms with E-state index in [0.717, 1.165) is 0 Å². The van der Waals surface area contributed by atoms with E-state index in [0.29, 0.717) is 5.57 Å². The highest BCUT2D eigenvalue weighted by Gasteiger charge is 2.29. The lowest BCUT2D eigenvalue weighted by Gasteiger charge is -2.01. The Morgan fingerprint density at radius 2 is 2.25 bits per heavy atom. The minimum Gasteiger partial charge on any atom is -0.388 e. The maximum Gasteiger partial charge on any atom is 0.242 e. The van der Waals surface area contributed by atoms with E-state index in [1.165, 1.54) is 6.92 Å². The van der Waals surface area contributed by atoms with Crippen molar-refractivity contribution in [2.75, 3.05) is 0 Å². The molecule has 0 aromatic rings. The molecule has 0 saturated heterocycles. The molecule has 0 spiro atoms. The van der Waals surface area contributed by atoms with E-state index in [4.69, 9.17) is 5.11 Å². The summed E-state index contributed by atoms with van der Waals surface area (Å²) >= 11 is 0. The van der Waals surface area contributed by atoms with Crippen molar-refractivity contribution in [3.05, 3.63) is 11.1 Å². The quantitative estimate of drug-likeness (QED) is 0.688. The van der Waals surface area contributed by atoms with Crippen LogP contribution in [-0.4, -0.2) is 23.4 Å². The number of allylic oxidation sites excluding steroid dienone is 1. The molecular weight excluding hydrogens is 166 g/mol. The summed E-state index contributed by atoms with van der Waals surface area (Å²) < 4.78 is 23.8. The second kappa shape index (κ2) is 3.31. The van der Waals surface area contributed by atoms with Crippen LogP contribution in [-0.2, 0) is 4.79 Å². The maximum atomic E-state index is 11.9. The summed E-state index contributed by atoms with van der Waals surface area (Å²) in [4.78, 5) is 11.0. The van der Waals surface area contributed by atoms with Gasteiger partial charge in [-0.3, -0.25) is 4.79 Å². The van der Waals surface area contributed by atoms with E-state index in [-0.39, 0.29) is 17.8 Å². The Balaban J connectivity index is 2.78. The second-order valence-corrected chi connectivity index (χ2v) is 2.90. The predicted octanol–water partition coefficient (Wildman–Crippen LogP) is 1.29. The van der Waals surface area contributed by atoms with Gasteiger partial charge in [-0.1, -0.05) is 0 Å². The zero-order valence-electron chi connectivity index (χ0n) is 6.68.